The number of rotatable bonds is 7. The number of aromatic nitrogens is 1. The molecule has 0 unspecified atom stereocenters. The van der Waals surface area contributed by atoms with Crippen LogP contribution in [0, 0.1) is 0 Å². The molecule has 0 spiro atoms. The third kappa shape index (κ3) is 5.84. The normalized spacial score (nSPS) is 15.1. The molecule has 1 aliphatic rings. The number of aliphatic imine (C=N–C) groups is 1. The van der Waals surface area contributed by atoms with Crippen LogP contribution in [0.3, 0.4) is 0 Å². The van der Waals surface area contributed by atoms with Gasteiger partial charge in [-0.25, -0.2) is 0 Å². The first kappa shape index (κ1) is 21.0. The van der Waals surface area contributed by atoms with Crippen molar-refractivity contribution in [3.8, 4) is 0 Å². The minimum absolute atomic E-state index is 0. The number of hydrogen-bond acceptors (Lipinski definition) is 2. The van der Waals surface area contributed by atoms with Gasteiger partial charge in [0.15, 0.2) is 5.96 Å². The van der Waals surface area contributed by atoms with Crippen molar-refractivity contribution in [3.05, 3.63) is 64.9 Å². The van der Waals surface area contributed by atoms with E-state index in [1.165, 1.54) is 18.4 Å². The molecule has 6 heteroatoms. The minimum atomic E-state index is 0. The summed E-state index contributed by atoms with van der Waals surface area (Å²) in [4.78, 5) is 9.17. The Morgan fingerprint density at radius 3 is 2.69 bits per heavy atom. The van der Waals surface area contributed by atoms with E-state index >= 15 is 0 Å². The van der Waals surface area contributed by atoms with Crippen LogP contribution in [0.2, 0.25) is 5.02 Å². The highest BCUT2D eigenvalue weighted by Crippen LogP contribution is 2.48. The molecule has 0 saturated heterocycles. The van der Waals surface area contributed by atoms with E-state index in [-0.39, 0.29) is 29.4 Å². The number of nitrogens with one attached hydrogen (secondary N) is 2. The van der Waals surface area contributed by atoms with Crippen molar-refractivity contribution in [2.24, 2.45) is 4.99 Å². The molecule has 0 radical (unpaired) electrons. The molecule has 3 rings (SSSR count). The summed E-state index contributed by atoms with van der Waals surface area (Å²) in [5.41, 5.74) is 2.55. The lowest BCUT2D eigenvalue weighted by atomic mass is 9.96. The second-order valence-electron chi connectivity index (χ2n) is 6.48. The predicted molar refractivity (Wildman–Crippen MR) is 120 cm³/mol. The van der Waals surface area contributed by atoms with Crippen LogP contribution in [0.5, 0.6) is 0 Å². The molecule has 1 fully saturated rings. The van der Waals surface area contributed by atoms with Crippen molar-refractivity contribution in [3.63, 3.8) is 0 Å². The van der Waals surface area contributed by atoms with Crippen molar-refractivity contribution in [2.45, 2.75) is 31.6 Å². The van der Waals surface area contributed by atoms with Crippen molar-refractivity contribution < 1.29 is 0 Å². The summed E-state index contributed by atoms with van der Waals surface area (Å²) in [5, 5.41) is 7.53. The fourth-order valence-corrected chi connectivity index (χ4v) is 3.12. The van der Waals surface area contributed by atoms with Crippen LogP contribution in [-0.2, 0) is 11.8 Å². The second-order valence-corrected chi connectivity index (χ2v) is 6.92. The lowest BCUT2D eigenvalue weighted by molar-refractivity contribution is 0.691. The van der Waals surface area contributed by atoms with Crippen molar-refractivity contribution in [1.82, 2.24) is 15.6 Å². The third-order valence-electron chi connectivity index (χ3n) is 4.57. The molecule has 1 saturated carbocycles. The summed E-state index contributed by atoms with van der Waals surface area (Å²) in [7, 11) is 0. The van der Waals surface area contributed by atoms with E-state index < -0.39 is 0 Å². The van der Waals surface area contributed by atoms with Crippen LogP contribution in [0.25, 0.3) is 0 Å². The summed E-state index contributed by atoms with van der Waals surface area (Å²) < 4.78 is 0. The van der Waals surface area contributed by atoms with E-state index in [1.54, 1.807) is 0 Å². The minimum Gasteiger partial charge on any atom is -0.357 e. The molecule has 1 heterocycles. The van der Waals surface area contributed by atoms with E-state index in [9.17, 15) is 0 Å². The quantitative estimate of drug-likeness (QED) is 0.352. The molecule has 26 heavy (non-hydrogen) atoms. The molecule has 140 valence electrons. The summed E-state index contributed by atoms with van der Waals surface area (Å²) in [6.45, 7) is 4.53. The second kappa shape index (κ2) is 10.1. The Morgan fingerprint density at radius 2 is 2.04 bits per heavy atom. The molecular weight excluding hydrogens is 459 g/mol. The van der Waals surface area contributed by atoms with Crippen molar-refractivity contribution in [2.75, 3.05) is 19.6 Å². The first-order valence-corrected chi connectivity index (χ1v) is 9.28. The Morgan fingerprint density at radius 1 is 1.19 bits per heavy atom. The summed E-state index contributed by atoms with van der Waals surface area (Å²) in [6, 6.07) is 14.2. The van der Waals surface area contributed by atoms with Gasteiger partial charge in [-0.3, -0.25) is 9.98 Å². The zero-order chi connectivity index (χ0) is 17.5. The van der Waals surface area contributed by atoms with Gasteiger partial charge in [-0.15, -0.1) is 24.0 Å². The highest BCUT2D eigenvalue weighted by molar-refractivity contribution is 14.0. The molecule has 4 nitrogen and oxygen atoms in total. The van der Waals surface area contributed by atoms with Gasteiger partial charge < -0.3 is 10.6 Å². The molecule has 1 aliphatic carbocycles. The average molecular weight is 485 g/mol. The van der Waals surface area contributed by atoms with E-state index in [4.69, 9.17) is 16.6 Å². The van der Waals surface area contributed by atoms with Crippen LogP contribution >= 0.6 is 35.6 Å². The number of hydrogen-bond donors (Lipinski definition) is 2. The summed E-state index contributed by atoms with van der Waals surface area (Å²) in [5.74, 6) is 0.867. The SMILES string of the molecule is CCNC(=NCC1(c2cccc(Cl)c2)CC1)NCCc1ccccn1.I. The molecule has 0 bridgehead atoms. The lowest BCUT2D eigenvalue weighted by Gasteiger charge is -2.16. The maximum absolute atomic E-state index is 6.15. The molecule has 2 N–H and O–H groups in total. The highest BCUT2D eigenvalue weighted by atomic mass is 127. The van der Waals surface area contributed by atoms with E-state index in [1.807, 2.05) is 36.5 Å². The van der Waals surface area contributed by atoms with Gasteiger partial charge in [0.05, 0.1) is 6.54 Å². The van der Waals surface area contributed by atoms with Gasteiger partial charge in [0.1, 0.15) is 0 Å². The van der Waals surface area contributed by atoms with Crippen molar-refractivity contribution in [1.29, 1.82) is 0 Å². The first-order chi connectivity index (χ1) is 12.2. The topological polar surface area (TPSA) is 49.3 Å². The van der Waals surface area contributed by atoms with Crippen LogP contribution in [0.15, 0.2) is 53.7 Å². The van der Waals surface area contributed by atoms with Crippen LogP contribution < -0.4 is 10.6 Å². The Hall–Kier alpha value is -1.34. The average Bonchev–Trinajstić information content (AvgIpc) is 3.42. The maximum Gasteiger partial charge on any atom is 0.191 e. The van der Waals surface area contributed by atoms with Crippen LogP contribution in [0.4, 0.5) is 0 Å². The van der Waals surface area contributed by atoms with Crippen LogP contribution in [-0.4, -0.2) is 30.6 Å². The summed E-state index contributed by atoms with van der Waals surface area (Å²) in [6.07, 6.45) is 5.05. The standard InChI is InChI=1S/C20H25ClN4.HI/c1-2-22-19(24-13-9-18-8-3-4-12-23-18)25-15-20(10-11-20)16-6-5-7-17(21)14-16;/h3-8,12,14H,2,9-11,13,15H2,1H3,(H2,22,24,25);1H. The Kier molecular flexibility index (Phi) is 8.15. The molecule has 0 aliphatic heterocycles. The predicted octanol–water partition coefficient (Wildman–Crippen LogP) is 4.18. The fraction of sp³-hybridized carbons (Fsp3) is 0.400. The smallest absolute Gasteiger partial charge is 0.191 e. The molecule has 1 aromatic carbocycles. The number of nitrogens with zero attached hydrogens (tertiary/aromatic N) is 2. The van der Waals surface area contributed by atoms with Gasteiger partial charge in [0.25, 0.3) is 0 Å². The molecule has 1 aromatic heterocycles. The van der Waals surface area contributed by atoms with Gasteiger partial charge in [0, 0.05) is 41.8 Å². The first-order valence-electron chi connectivity index (χ1n) is 8.90. The Balaban J connectivity index is 0.00000243. The molecule has 0 atom stereocenters. The Labute approximate surface area is 177 Å². The zero-order valence-electron chi connectivity index (χ0n) is 15.0. The van der Waals surface area contributed by atoms with E-state index in [0.717, 1.165) is 42.7 Å². The maximum atomic E-state index is 6.15. The Bertz CT molecular complexity index is 717. The van der Waals surface area contributed by atoms with Crippen LogP contribution in [0.1, 0.15) is 31.0 Å². The monoisotopic (exact) mass is 484 g/mol. The molecule has 0 amide bonds. The molecular formula is C20H26ClIN4. The van der Waals surface area contributed by atoms with E-state index in [0.29, 0.717) is 0 Å². The number of halogens is 2. The van der Waals surface area contributed by atoms with Gasteiger partial charge in [0.2, 0.25) is 0 Å². The lowest BCUT2D eigenvalue weighted by Crippen LogP contribution is -2.39. The largest absolute Gasteiger partial charge is 0.357 e. The van der Waals surface area contributed by atoms with Crippen molar-refractivity contribution >= 4 is 41.5 Å². The van der Waals surface area contributed by atoms with E-state index in [2.05, 4.69) is 34.7 Å². The van der Waals surface area contributed by atoms with Gasteiger partial charge in [-0.2, -0.15) is 0 Å². The van der Waals surface area contributed by atoms with Gasteiger partial charge >= 0.3 is 0 Å². The fourth-order valence-electron chi connectivity index (χ4n) is 2.93. The van der Waals surface area contributed by atoms with Gasteiger partial charge in [-0.1, -0.05) is 29.8 Å². The number of pyridine rings is 1. The summed E-state index contributed by atoms with van der Waals surface area (Å²) >= 11 is 6.15. The highest BCUT2D eigenvalue weighted by Gasteiger charge is 2.44. The number of guanidine groups is 1. The number of benzene rings is 1. The van der Waals surface area contributed by atoms with Gasteiger partial charge in [-0.05, 0) is 49.6 Å². The third-order valence-corrected chi connectivity index (χ3v) is 4.81. The zero-order valence-corrected chi connectivity index (χ0v) is 18.1. The molecule has 2 aromatic rings.